The van der Waals surface area contributed by atoms with E-state index in [0.717, 1.165) is 38.1 Å². The Kier molecular flexibility index (Phi) is 4.19. The number of amides is 1. The number of nitro groups is 1. The number of hydrogen-bond donors (Lipinski definition) is 2. The first-order valence-corrected chi connectivity index (χ1v) is 6.46. The topological polar surface area (TPSA) is 95.7 Å². The maximum atomic E-state index is 12.3. The molecule has 1 fully saturated rings. The molecule has 0 atom stereocenters. The molecule has 0 radical (unpaired) electrons. The molecule has 2 N–H and O–H groups in total. The molecule has 108 valence electrons. The Hall–Kier alpha value is -2.15. The van der Waals surface area contributed by atoms with Crippen molar-refractivity contribution in [3.63, 3.8) is 0 Å². The van der Waals surface area contributed by atoms with Gasteiger partial charge in [0.25, 0.3) is 5.91 Å². The number of hydrogen-bond acceptors (Lipinski definition) is 5. The highest BCUT2D eigenvalue weighted by atomic mass is 16.6. The number of nitro benzene ring substituents is 1. The molecular weight excluding hydrogens is 262 g/mol. The quantitative estimate of drug-likeness (QED) is 0.638. The lowest BCUT2D eigenvalue weighted by Crippen LogP contribution is -2.43. The van der Waals surface area contributed by atoms with E-state index in [4.69, 9.17) is 0 Å². The summed E-state index contributed by atoms with van der Waals surface area (Å²) in [6.45, 7) is 1.74. The fourth-order valence-corrected chi connectivity index (χ4v) is 2.37. The van der Waals surface area contributed by atoms with Crippen molar-refractivity contribution in [2.24, 2.45) is 0 Å². The third-order valence-corrected chi connectivity index (χ3v) is 3.60. The number of rotatable bonds is 3. The van der Waals surface area contributed by atoms with Crippen LogP contribution < -0.4 is 5.32 Å². The van der Waals surface area contributed by atoms with Gasteiger partial charge in [-0.3, -0.25) is 14.9 Å². The summed E-state index contributed by atoms with van der Waals surface area (Å²) < 4.78 is 0. The van der Waals surface area contributed by atoms with Crippen molar-refractivity contribution in [1.29, 1.82) is 0 Å². The van der Waals surface area contributed by atoms with Crippen LogP contribution in [0.4, 0.5) is 5.69 Å². The SMILES string of the molecule is CN(C(=O)c1ccc([N+](=O)[O-])c(O)c1)C1CCNCC1. The maximum Gasteiger partial charge on any atom is 0.310 e. The van der Waals surface area contributed by atoms with Gasteiger partial charge < -0.3 is 15.3 Å². The van der Waals surface area contributed by atoms with Gasteiger partial charge in [0.2, 0.25) is 0 Å². The van der Waals surface area contributed by atoms with Crippen LogP contribution in [0.1, 0.15) is 23.2 Å². The minimum Gasteiger partial charge on any atom is -0.502 e. The Morgan fingerprint density at radius 2 is 2.10 bits per heavy atom. The minimum absolute atomic E-state index is 0.154. The smallest absolute Gasteiger partial charge is 0.310 e. The second-order valence-electron chi connectivity index (χ2n) is 4.86. The fraction of sp³-hybridized carbons (Fsp3) is 0.462. The van der Waals surface area contributed by atoms with Crippen LogP contribution in [0.25, 0.3) is 0 Å². The lowest BCUT2D eigenvalue weighted by atomic mass is 10.0. The second kappa shape index (κ2) is 5.87. The molecule has 1 aromatic rings. The summed E-state index contributed by atoms with van der Waals surface area (Å²) in [6, 6.07) is 3.83. The summed E-state index contributed by atoms with van der Waals surface area (Å²) in [5, 5.41) is 23.4. The standard InChI is InChI=1S/C13H17N3O4/c1-15(10-4-6-14-7-5-10)13(18)9-2-3-11(16(19)20)12(17)8-9/h2-3,8,10,14,17H,4-7H2,1H3. The van der Waals surface area contributed by atoms with Crippen LogP contribution in [0.3, 0.4) is 0 Å². The number of phenols is 1. The first kappa shape index (κ1) is 14.3. The molecule has 0 saturated carbocycles. The molecule has 1 saturated heterocycles. The Morgan fingerprint density at radius 3 is 2.65 bits per heavy atom. The highest BCUT2D eigenvalue weighted by Gasteiger charge is 2.24. The van der Waals surface area contributed by atoms with E-state index in [1.165, 1.54) is 6.07 Å². The van der Waals surface area contributed by atoms with E-state index in [1.54, 1.807) is 11.9 Å². The summed E-state index contributed by atoms with van der Waals surface area (Å²) in [5.74, 6) is -0.721. The van der Waals surface area contributed by atoms with Crippen molar-refractivity contribution in [2.75, 3.05) is 20.1 Å². The van der Waals surface area contributed by atoms with Crippen molar-refractivity contribution < 1.29 is 14.8 Å². The largest absolute Gasteiger partial charge is 0.502 e. The first-order chi connectivity index (χ1) is 9.50. The van der Waals surface area contributed by atoms with Crippen LogP contribution in [-0.2, 0) is 0 Å². The van der Waals surface area contributed by atoms with E-state index in [9.17, 15) is 20.0 Å². The molecule has 1 aliphatic heterocycles. The van der Waals surface area contributed by atoms with Crippen LogP contribution >= 0.6 is 0 Å². The van der Waals surface area contributed by atoms with Gasteiger partial charge >= 0.3 is 5.69 Å². The molecule has 1 aromatic carbocycles. The summed E-state index contributed by atoms with van der Waals surface area (Å²) in [6.07, 6.45) is 1.75. The zero-order chi connectivity index (χ0) is 14.7. The Balaban J connectivity index is 2.16. The van der Waals surface area contributed by atoms with E-state index in [0.29, 0.717) is 0 Å². The molecule has 0 bridgehead atoms. The van der Waals surface area contributed by atoms with E-state index in [1.807, 2.05) is 0 Å². The maximum absolute atomic E-state index is 12.3. The third-order valence-electron chi connectivity index (χ3n) is 3.60. The highest BCUT2D eigenvalue weighted by Crippen LogP contribution is 2.27. The number of nitrogens with zero attached hydrogens (tertiary/aromatic N) is 2. The fourth-order valence-electron chi connectivity index (χ4n) is 2.37. The van der Waals surface area contributed by atoms with Crippen molar-refractivity contribution >= 4 is 11.6 Å². The van der Waals surface area contributed by atoms with Gasteiger partial charge in [0.15, 0.2) is 5.75 Å². The van der Waals surface area contributed by atoms with Crippen molar-refractivity contribution in [3.05, 3.63) is 33.9 Å². The predicted molar refractivity (Wildman–Crippen MR) is 72.7 cm³/mol. The first-order valence-electron chi connectivity index (χ1n) is 6.46. The molecule has 1 aliphatic rings. The number of piperidine rings is 1. The highest BCUT2D eigenvalue weighted by molar-refractivity contribution is 5.95. The molecule has 1 heterocycles. The lowest BCUT2D eigenvalue weighted by molar-refractivity contribution is -0.385. The van der Waals surface area contributed by atoms with Gasteiger partial charge in [0.05, 0.1) is 4.92 Å². The van der Waals surface area contributed by atoms with E-state index in [-0.39, 0.29) is 17.5 Å². The van der Waals surface area contributed by atoms with Crippen LogP contribution in [-0.4, -0.2) is 47.0 Å². The molecule has 0 unspecified atom stereocenters. The third kappa shape index (κ3) is 2.88. The van der Waals surface area contributed by atoms with Crippen molar-refractivity contribution in [2.45, 2.75) is 18.9 Å². The Morgan fingerprint density at radius 1 is 1.45 bits per heavy atom. The van der Waals surface area contributed by atoms with Crippen LogP contribution in [0.5, 0.6) is 5.75 Å². The average Bonchev–Trinajstić information content (AvgIpc) is 2.46. The number of benzene rings is 1. The summed E-state index contributed by atoms with van der Waals surface area (Å²) in [4.78, 5) is 23.9. The molecular formula is C13H17N3O4. The van der Waals surface area contributed by atoms with Gasteiger partial charge in [-0.25, -0.2) is 0 Å². The molecule has 2 rings (SSSR count). The van der Waals surface area contributed by atoms with Gasteiger partial charge in [-0.1, -0.05) is 0 Å². The Bertz CT molecular complexity index is 526. The summed E-state index contributed by atoms with van der Waals surface area (Å²) in [5.41, 5.74) is -0.139. The van der Waals surface area contributed by atoms with E-state index >= 15 is 0 Å². The van der Waals surface area contributed by atoms with Gasteiger partial charge in [-0.15, -0.1) is 0 Å². The molecule has 7 nitrogen and oxygen atoms in total. The molecule has 1 amide bonds. The van der Waals surface area contributed by atoms with Crippen LogP contribution in [0.15, 0.2) is 18.2 Å². The van der Waals surface area contributed by atoms with E-state index in [2.05, 4.69) is 5.32 Å². The Labute approximate surface area is 116 Å². The van der Waals surface area contributed by atoms with Crippen molar-refractivity contribution in [3.8, 4) is 5.75 Å². The molecule has 0 aromatic heterocycles. The second-order valence-corrected chi connectivity index (χ2v) is 4.86. The predicted octanol–water partition coefficient (Wildman–Crippen LogP) is 1.12. The van der Waals surface area contributed by atoms with E-state index < -0.39 is 16.4 Å². The van der Waals surface area contributed by atoms with Gasteiger partial charge in [-0.05, 0) is 38.1 Å². The average molecular weight is 279 g/mol. The number of phenolic OH excluding ortho intramolecular Hbond substituents is 1. The van der Waals surface area contributed by atoms with Crippen LogP contribution in [0, 0.1) is 10.1 Å². The zero-order valence-corrected chi connectivity index (χ0v) is 11.2. The number of carbonyl (C=O) groups excluding carboxylic acids is 1. The molecule has 0 spiro atoms. The number of nitrogens with one attached hydrogen (secondary N) is 1. The van der Waals surface area contributed by atoms with Gasteiger partial charge in [0.1, 0.15) is 0 Å². The normalized spacial score (nSPS) is 15.8. The van der Waals surface area contributed by atoms with Crippen molar-refractivity contribution in [1.82, 2.24) is 10.2 Å². The zero-order valence-electron chi connectivity index (χ0n) is 11.2. The molecule has 20 heavy (non-hydrogen) atoms. The van der Waals surface area contributed by atoms with Gasteiger partial charge in [0, 0.05) is 24.7 Å². The molecule has 7 heteroatoms. The monoisotopic (exact) mass is 279 g/mol. The summed E-state index contributed by atoms with van der Waals surface area (Å²) >= 11 is 0. The minimum atomic E-state index is -0.680. The number of aromatic hydroxyl groups is 1. The molecule has 0 aliphatic carbocycles. The number of carbonyl (C=O) groups is 1. The van der Waals surface area contributed by atoms with Crippen LogP contribution in [0.2, 0.25) is 0 Å². The lowest BCUT2D eigenvalue weighted by Gasteiger charge is -2.31. The van der Waals surface area contributed by atoms with Gasteiger partial charge in [-0.2, -0.15) is 0 Å². The summed E-state index contributed by atoms with van der Waals surface area (Å²) in [7, 11) is 1.72.